The number of rotatable bonds is 6. The summed E-state index contributed by atoms with van der Waals surface area (Å²) in [6.07, 6.45) is 0.903. The highest BCUT2D eigenvalue weighted by Gasteiger charge is 2.48. The quantitative estimate of drug-likeness (QED) is 0.267. The molecule has 3 nitrogen and oxygen atoms in total. The van der Waals surface area contributed by atoms with E-state index in [1.54, 1.807) is 7.11 Å². The fourth-order valence-corrected chi connectivity index (χ4v) is 6.63. The zero-order valence-corrected chi connectivity index (χ0v) is 21.1. The van der Waals surface area contributed by atoms with Crippen LogP contribution in [0.3, 0.4) is 0 Å². The van der Waals surface area contributed by atoms with Crippen LogP contribution in [-0.2, 0) is 11.0 Å². The van der Waals surface area contributed by atoms with Gasteiger partial charge in [-0.15, -0.1) is 0 Å². The van der Waals surface area contributed by atoms with Gasteiger partial charge in [0.15, 0.2) is 11.1 Å². The first-order chi connectivity index (χ1) is 17.1. The minimum absolute atomic E-state index is 0.410. The standard InChI is InChI=1S/C31H28O3P/c1-4-22-16-11-17-28(21(22)2)35(32)31-26-19-18-25(33-3)20-27(26)34-30(31)29(23-12-7-5-8-13-23)24-14-9-6-10-15-24/h5-20,31H,4H2,1-3H3/q+1. The lowest BCUT2D eigenvalue weighted by atomic mass is 9.95. The summed E-state index contributed by atoms with van der Waals surface area (Å²) in [6, 6.07) is 32.3. The summed E-state index contributed by atoms with van der Waals surface area (Å²) in [5.74, 6) is 2.12. The Morgan fingerprint density at radius 3 is 2.14 bits per heavy atom. The van der Waals surface area contributed by atoms with Gasteiger partial charge in [0.2, 0.25) is 5.66 Å². The van der Waals surface area contributed by atoms with E-state index in [-0.39, 0.29) is 0 Å². The summed E-state index contributed by atoms with van der Waals surface area (Å²) >= 11 is 0. The molecule has 0 N–H and O–H groups in total. The van der Waals surface area contributed by atoms with Crippen molar-refractivity contribution in [1.29, 1.82) is 0 Å². The van der Waals surface area contributed by atoms with Crippen LogP contribution in [0, 0.1) is 6.92 Å². The molecule has 0 radical (unpaired) electrons. The first-order valence-corrected chi connectivity index (χ1v) is 13.2. The van der Waals surface area contributed by atoms with Crippen molar-refractivity contribution in [3.63, 3.8) is 0 Å². The summed E-state index contributed by atoms with van der Waals surface area (Å²) < 4.78 is 26.5. The molecule has 1 aliphatic rings. The van der Waals surface area contributed by atoms with E-state index >= 15 is 0 Å². The molecule has 2 unspecified atom stereocenters. The van der Waals surface area contributed by atoms with Gasteiger partial charge in [-0.1, -0.05) is 84.3 Å². The smallest absolute Gasteiger partial charge is 0.393 e. The molecule has 174 valence electrons. The van der Waals surface area contributed by atoms with Crippen molar-refractivity contribution in [3.05, 3.63) is 131 Å². The van der Waals surface area contributed by atoms with Gasteiger partial charge in [-0.05, 0) is 48.2 Å². The van der Waals surface area contributed by atoms with Crippen LogP contribution < -0.4 is 14.8 Å². The number of fused-ring (bicyclic) bond motifs is 1. The lowest BCUT2D eigenvalue weighted by molar-refractivity contribution is 0.406. The predicted octanol–water partition coefficient (Wildman–Crippen LogP) is 7.61. The van der Waals surface area contributed by atoms with Crippen molar-refractivity contribution in [1.82, 2.24) is 0 Å². The number of aryl methyl sites for hydroxylation is 1. The molecule has 0 saturated heterocycles. The van der Waals surface area contributed by atoms with Crippen LogP contribution in [0.1, 0.15) is 40.4 Å². The number of benzene rings is 4. The van der Waals surface area contributed by atoms with Gasteiger partial charge in [-0.2, -0.15) is 0 Å². The Kier molecular flexibility index (Phi) is 6.53. The van der Waals surface area contributed by atoms with Crippen LogP contribution in [0.2, 0.25) is 0 Å². The largest absolute Gasteiger partial charge is 0.497 e. The first kappa shape index (κ1) is 23.1. The summed E-state index contributed by atoms with van der Waals surface area (Å²) in [5, 5.41) is 0.884. The minimum Gasteiger partial charge on any atom is -0.497 e. The van der Waals surface area contributed by atoms with Gasteiger partial charge in [0.1, 0.15) is 11.5 Å². The lowest BCUT2D eigenvalue weighted by Gasteiger charge is -2.14. The van der Waals surface area contributed by atoms with E-state index in [0.29, 0.717) is 17.3 Å². The van der Waals surface area contributed by atoms with E-state index in [1.165, 1.54) is 5.56 Å². The van der Waals surface area contributed by atoms with Crippen LogP contribution in [0.25, 0.3) is 5.57 Å². The fraction of sp³-hybridized carbons (Fsp3) is 0.161. The molecule has 2 atom stereocenters. The van der Waals surface area contributed by atoms with Gasteiger partial charge in [-0.25, -0.2) is 0 Å². The van der Waals surface area contributed by atoms with E-state index in [2.05, 4.69) is 44.2 Å². The summed E-state index contributed by atoms with van der Waals surface area (Å²) in [7, 11) is -0.203. The summed E-state index contributed by atoms with van der Waals surface area (Å²) in [5.41, 5.74) is 5.84. The average Bonchev–Trinajstić information content (AvgIpc) is 3.27. The van der Waals surface area contributed by atoms with Crippen molar-refractivity contribution in [3.8, 4) is 11.5 Å². The molecule has 5 rings (SSSR count). The molecule has 4 heteroatoms. The van der Waals surface area contributed by atoms with Crippen LogP contribution in [0.4, 0.5) is 0 Å². The minimum atomic E-state index is -1.85. The molecule has 1 aliphatic heterocycles. The summed E-state index contributed by atoms with van der Waals surface area (Å²) in [4.78, 5) is 0. The third kappa shape index (κ3) is 4.29. The van der Waals surface area contributed by atoms with Gasteiger partial charge in [0.05, 0.1) is 12.7 Å². The molecule has 0 aromatic heterocycles. The molecule has 0 fully saturated rings. The highest BCUT2D eigenvalue weighted by molar-refractivity contribution is 7.54. The highest BCUT2D eigenvalue weighted by atomic mass is 31.1. The average molecular weight is 480 g/mol. The number of hydrogen-bond acceptors (Lipinski definition) is 3. The Balaban J connectivity index is 1.78. The Labute approximate surface area is 207 Å². The van der Waals surface area contributed by atoms with Crippen molar-refractivity contribution >= 4 is 18.7 Å². The van der Waals surface area contributed by atoms with Crippen LogP contribution >= 0.6 is 7.80 Å². The predicted molar refractivity (Wildman–Crippen MR) is 143 cm³/mol. The van der Waals surface area contributed by atoms with E-state index in [1.807, 2.05) is 66.7 Å². The molecule has 0 aliphatic carbocycles. The number of hydrogen-bond donors (Lipinski definition) is 0. The second-order valence-electron chi connectivity index (χ2n) is 8.62. The van der Waals surface area contributed by atoms with E-state index in [9.17, 15) is 4.57 Å². The van der Waals surface area contributed by atoms with Gasteiger partial charge in [0, 0.05) is 17.2 Å². The zero-order chi connectivity index (χ0) is 24.4. The van der Waals surface area contributed by atoms with Crippen LogP contribution in [0.5, 0.6) is 11.5 Å². The van der Waals surface area contributed by atoms with Gasteiger partial charge in [-0.3, -0.25) is 0 Å². The maximum Gasteiger partial charge on any atom is 0.393 e. The Morgan fingerprint density at radius 2 is 1.54 bits per heavy atom. The van der Waals surface area contributed by atoms with Crippen molar-refractivity contribution in [2.75, 3.05) is 7.11 Å². The van der Waals surface area contributed by atoms with Crippen molar-refractivity contribution in [2.24, 2.45) is 0 Å². The number of ether oxygens (including phenoxy) is 2. The van der Waals surface area contributed by atoms with Gasteiger partial charge >= 0.3 is 7.80 Å². The zero-order valence-electron chi connectivity index (χ0n) is 20.2. The van der Waals surface area contributed by atoms with Crippen molar-refractivity contribution in [2.45, 2.75) is 25.9 Å². The summed E-state index contributed by atoms with van der Waals surface area (Å²) in [6.45, 7) is 4.21. The molecule has 0 saturated carbocycles. The molecule has 35 heavy (non-hydrogen) atoms. The van der Waals surface area contributed by atoms with E-state index < -0.39 is 13.5 Å². The molecule has 4 aromatic carbocycles. The maximum absolute atomic E-state index is 14.4. The third-order valence-corrected chi connectivity index (χ3v) is 8.57. The topological polar surface area (TPSA) is 35.5 Å². The van der Waals surface area contributed by atoms with Crippen LogP contribution in [0.15, 0.2) is 103 Å². The van der Waals surface area contributed by atoms with E-state index in [0.717, 1.165) is 39.6 Å². The SMILES string of the molecule is CCc1cccc([P+](=O)C2C(=C(c3ccccc3)c3ccccc3)Oc3cc(OC)ccc32)c1C. The second-order valence-corrected chi connectivity index (χ2v) is 10.3. The Morgan fingerprint density at radius 1 is 0.886 bits per heavy atom. The van der Waals surface area contributed by atoms with Crippen molar-refractivity contribution < 1.29 is 14.0 Å². The number of methoxy groups -OCH3 is 1. The van der Waals surface area contributed by atoms with E-state index in [4.69, 9.17) is 9.47 Å². The second kappa shape index (κ2) is 9.90. The highest BCUT2D eigenvalue weighted by Crippen LogP contribution is 2.57. The monoisotopic (exact) mass is 479 g/mol. The molecule has 0 amide bonds. The molecule has 4 aromatic rings. The molecule has 1 heterocycles. The Hall–Kier alpha value is -3.68. The maximum atomic E-state index is 14.4. The van der Waals surface area contributed by atoms with Gasteiger partial charge < -0.3 is 9.47 Å². The van der Waals surface area contributed by atoms with Gasteiger partial charge in [0.25, 0.3) is 0 Å². The molecule has 0 bridgehead atoms. The number of allylic oxidation sites excluding steroid dienone is 1. The third-order valence-electron chi connectivity index (χ3n) is 6.63. The van der Waals surface area contributed by atoms with Crippen LogP contribution in [-0.4, -0.2) is 7.11 Å². The fourth-order valence-electron chi connectivity index (χ4n) is 4.78. The molecular weight excluding hydrogens is 451 g/mol. The normalized spacial score (nSPS) is 14.8. The first-order valence-electron chi connectivity index (χ1n) is 11.9. The lowest BCUT2D eigenvalue weighted by Crippen LogP contribution is -2.11. The molecule has 0 spiro atoms. The Bertz CT molecular complexity index is 1370. The molecular formula is C31H28O3P+.